The van der Waals surface area contributed by atoms with E-state index in [2.05, 4.69) is 10.3 Å². The molecule has 2 heterocycles. The molecule has 0 spiro atoms. The van der Waals surface area contributed by atoms with Crippen molar-refractivity contribution in [3.05, 3.63) is 64.7 Å². The Kier molecular flexibility index (Phi) is 6.58. The van der Waals surface area contributed by atoms with Gasteiger partial charge < -0.3 is 20.1 Å². The Morgan fingerprint density at radius 3 is 2.52 bits per heavy atom. The molecule has 9 nitrogen and oxygen atoms in total. The molecule has 1 aliphatic rings. The van der Waals surface area contributed by atoms with Crippen molar-refractivity contribution in [2.24, 2.45) is 0 Å². The summed E-state index contributed by atoms with van der Waals surface area (Å²) in [5.41, 5.74) is 0.510. The van der Waals surface area contributed by atoms with Gasteiger partial charge >= 0.3 is 6.09 Å². The highest BCUT2D eigenvalue weighted by Gasteiger charge is 2.22. The first-order valence-electron chi connectivity index (χ1n) is 11.0. The molecule has 1 saturated heterocycles. The van der Waals surface area contributed by atoms with Crippen LogP contribution in [0.4, 0.5) is 4.79 Å². The van der Waals surface area contributed by atoms with E-state index >= 15 is 0 Å². The summed E-state index contributed by atoms with van der Waals surface area (Å²) in [4.78, 5) is 43.9. The van der Waals surface area contributed by atoms with E-state index in [1.807, 2.05) is 6.07 Å². The van der Waals surface area contributed by atoms with Gasteiger partial charge in [0.15, 0.2) is 6.61 Å². The number of aromatic nitrogens is 2. The highest BCUT2D eigenvalue weighted by Crippen LogP contribution is 2.25. The van der Waals surface area contributed by atoms with Crippen molar-refractivity contribution in [3.8, 4) is 11.4 Å². The zero-order valence-corrected chi connectivity index (χ0v) is 18.4. The van der Waals surface area contributed by atoms with Crippen molar-refractivity contribution < 1.29 is 19.4 Å². The van der Waals surface area contributed by atoms with Crippen LogP contribution in [0.1, 0.15) is 38.1 Å². The molecule has 1 atom stereocenters. The number of rotatable bonds is 6. The van der Waals surface area contributed by atoms with Gasteiger partial charge in [-0.15, -0.1) is 0 Å². The Balaban J connectivity index is 1.77. The third-order valence-electron chi connectivity index (χ3n) is 5.69. The van der Waals surface area contributed by atoms with Crippen LogP contribution in [0.2, 0.25) is 0 Å². The molecule has 1 unspecified atom stereocenters. The molecule has 2 N–H and O–H groups in total. The first-order valence-corrected chi connectivity index (χ1v) is 11.0. The number of fused-ring (bicyclic) bond motifs is 1. The molecular weight excluding hydrogens is 424 g/mol. The van der Waals surface area contributed by atoms with Crippen molar-refractivity contribution in [2.75, 3.05) is 19.7 Å². The van der Waals surface area contributed by atoms with Gasteiger partial charge in [-0.1, -0.05) is 24.3 Å². The highest BCUT2D eigenvalue weighted by molar-refractivity contribution is 5.85. The number of nitrogens with zero attached hydrogens (tertiary/aromatic N) is 3. The molecule has 4 rings (SSSR count). The van der Waals surface area contributed by atoms with Gasteiger partial charge in [-0.25, -0.2) is 9.78 Å². The molecule has 2 amide bonds. The second-order valence-electron chi connectivity index (χ2n) is 8.00. The third-order valence-corrected chi connectivity index (χ3v) is 5.69. The van der Waals surface area contributed by atoms with E-state index in [4.69, 9.17) is 4.74 Å². The van der Waals surface area contributed by atoms with Crippen LogP contribution < -0.4 is 15.6 Å². The number of hydrogen-bond acceptors (Lipinski definition) is 5. The van der Waals surface area contributed by atoms with Crippen LogP contribution in [0.5, 0.6) is 5.75 Å². The first kappa shape index (κ1) is 22.3. The number of piperidine rings is 1. The average Bonchev–Trinajstić information content (AvgIpc) is 2.83. The number of para-hydroxylation sites is 1. The lowest BCUT2D eigenvalue weighted by Gasteiger charge is -2.26. The molecule has 1 aliphatic heterocycles. The largest absolute Gasteiger partial charge is 0.483 e. The molecule has 172 valence electrons. The lowest BCUT2D eigenvalue weighted by molar-refractivity contribution is -0.134. The van der Waals surface area contributed by atoms with Crippen LogP contribution in [-0.4, -0.2) is 51.3 Å². The van der Waals surface area contributed by atoms with Crippen LogP contribution in [0.3, 0.4) is 0 Å². The zero-order chi connectivity index (χ0) is 23.4. The summed E-state index contributed by atoms with van der Waals surface area (Å²) < 4.78 is 7.19. The van der Waals surface area contributed by atoms with Crippen molar-refractivity contribution in [2.45, 2.75) is 32.2 Å². The fourth-order valence-electron chi connectivity index (χ4n) is 4.08. The predicted octanol–water partition coefficient (Wildman–Crippen LogP) is 3.11. The van der Waals surface area contributed by atoms with Crippen molar-refractivity contribution in [1.82, 2.24) is 19.8 Å². The quantitative estimate of drug-likeness (QED) is 0.597. The summed E-state index contributed by atoms with van der Waals surface area (Å²) in [6.45, 7) is 2.90. The van der Waals surface area contributed by atoms with Crippen molar-refractivity contribution in [3.63, 3.8) is 0 Å². The molecule has 3 aromatic rings. The Bertz CT molecular complexity index is 1220. The average molecular weight is 450 g/mol. The molecular formula is C24H26N4O5. The molecule has 0 radical (unpaired) electrons. The maximum atomic E-state index is 13.7. The Labute approximate surface area is 190 Å². The maximum absolute atomic E-state index is 13.7. The van der Waals surface area contributed by atoms with Crippen LogP contribution in [0.15, 0.2) is 53.3 Å². The Morgan fingerprint density at radius 2 is 1.82 bits per heavy atom. The summed E-state index contributed by atoms with van der Waals surface area (Å²) >= 11 is 0. The van der Waals surface area contributed by atoms with Crippen molar-refractivity contribution in [1.29, 1.82) is 0 Å². The van der Waals surface area contributed by atoms with Gasteiger partial charge in [0.1, 0.15) is 17.0 Å². The minimum Gasteiger partial charge on any atom is -0.483 e. The number of hydrogen-bond donors (Lipinski definition) is 2. The number of ether oxygens (including phenoxy) is 1. The number of likely N-dealkylation sites (tertiary alicyclic amines) is 1. The SMILES string of the molecule is CC(NC(=O)O)c1nc2cccc(OCC(=O)N3CCCCC3)c2c(=O)n1-c1ccccc1. The predicted molar refractivity (Wildman–Crippen MR) is 123 cm³/mol. The van der Waals surface area contributed by atoms with Gasteiger partial charge in [0.25, 0.3) is 11.5 Å². The first-order chi connectivity index (χ1) is 16.0. The van der Waals surface area contributed by atoms with E-state index in [9.17, 15) is 19.5 Å². The standard InChI is InChI=1S/C24H26N4O5/c1-16(25-24(31)32)22-26-18-11-8-12-19(33-15-20(29)27-13-6-3-7-14-27)21(18)23(30)28(22)17-9-4-2-5-10-17/h2,4-5,8-12,16,25H,3,6-7,13-15H2,1H3,(H,31,32). The minimum absolute atomic E-state index is 0.112. The number of nitrogens with one attached hydrogen (secondary N) is 1. The summed E-state index contributed by atoms with van der Waals surface area (Å²) in [5.74, 6) is 0.409. The number of carbonyl (C=O) groups excluding carboxylic acids is 1. The smallest absolute Gasteiger partial charge is 0.405 e. The molecule has 9 heteroatoms. The normalized spacial score (nSPS) is 14.6. The number of amides is 2. The van der Waals surface area contributed by atoms with E-state index in [-0.39, 0.29) is 29.5 Å². The number of benzene rings is 2. The van der Waals surface area contributed by atoms with Gasteiger partial charge in [-0.2, -0.15) is 0 Å². The fourth-order valence-corrected chi connectivity index (χ4v) is 4.08. The van der Waals surface area contributed by atoms with Crippen LogP contribution in [-0.2, 0) is 4.79 Å². The van der Waals surface area contributed by atoms with Gasteiger partial charge in [0.2, 0.25) is 0 Å². The van der Waals surface area contributed by atoms with Gasteiger partial charge in [-0.05, 0) is 50.5 Å². The lowest BCUT2D eigenvalue weighted by atomic mass is 10.1. The molecule has 1 aromatic heterocycles. The Hall–Kier alpha value is -3.88. The van der Waals surface area contributed by atoms with Crippen molar-refractivity contribution >= 4 is 22.9 Å². The molecule has 1 fully saturated rings. The minimum atomic E-state index is -1.22. The number of carbonyl (C=O) groups is 2. The van der Waals surface area contributed by atoms with Crippen LogP contribution in [0, 0.1) is 0 Å². The zero-order valence-electron chi connectivity index (χ0n) is 18.4. The maximum Gasteiger partial charge on any atom is 0.405 e. The second kappa shape index (κ2) is 9.72. The highest BCUT2D eigenvalue weighted by atomic mass is 16.5. The molecule has 2 aromatic carbocycles. The monoisotopic (exact) mass is 450 g/mol. The number of carboxylic acid groups (broad SMARTS) is 1. The van der Waals surface area contributed by atoms with Gasteiger partial charge in [-0.3, -0.25) is 14.2 Å². The summed E-state index contributed by atoms with van der Waals surface area (Å²) in [7, 11) is 0. The summed E-state index contributed by atoms with van der Waals surface area (Å²) in [6, 6.07) is 13.1. The Morgan fingerprint density at radius 1 is 1.09 bits per heavy atom. The van der Waals surface area contributed by atoms with Gasteiger partial charge in [0, 0.05) is 13.1 Å². The topological polar surface area (TPSA) is 114 Å². The summed E-state index contributed by atoms with van der Waals surface area (Å²) in [5, 5.41) is 11.8. The van der Waals surface area contributed by atoms with Gasteiger partial charge in [0.05, 0.1) is 17.2 Å². The van der Waals surface area contributed by atoms with E-state index in [1.54, 1.807) is 54.3 Å². The van der Waals surface area contributed by atoms with Crippen LogP contribution in [0.25, 0.3) is 16.6 Å². The third kappa shape index (κ3) is 4.82. The molecule has 0 saturated carbocycles. The molecule has 33 heavy (non-hydrogen) atoms. The molecule has 0 aliphatic carbocycles. The second-order valence-corrected chi connectivity index (χ2v) is 8.00. The van der Waals surface area contributed by atoms with E-state index in [0.717, 1.165) is 32.4 Å². The van der Waals surface area contributed by atoms with Crippen LogP contribution >= 0.6 is 0 Å². The fraction of sp³-hybridized carbons (Fsp3) is 0.333. The molecule has 0 bridgehead atoms. The van der Waals surface area contributed by atoms with E-state index in [1.165, 1.54) is 4.57 Å². The van der Waals surface area contributed by atoms with E-state index < -0.39 is 17.7 Å². The lowest BCUT2D eigenvalue weighted by Crippen LogP contribution is -2.38. The van der Waals surface area contributed by atoms with E-state index in [0.29, 0.717) is 11.2 Å². The summed E-state index contributed by atoms with van der Waals surface area (Å²) in [6.07, 6.45) is 1.87.